The number of piperazine rings is 1. The minimum atomic E-state index is -5.08. The minimum Gasteiger partial charge on any atom is -0.475 e. The molecule has 1 aliphatic heterocycles. The molecule has 13 heteroatoms. The van der Waals surface area contributed by atoms with Crippen molar-refractivity contribution in [3.05, 3.63) is 10.4 Å². The number of methoxy groups -OCH3 is 1. The number of carboxylic acids is 1. The Morgan fingerprint density at radius 1 is 1.30 bits per heavy atom. The van der Waals surface area contributed by atoms with Crippen LogP contribution in [0.2, 0.25) is 0 Å². The number of aliphatic carboxylic acids is 1. The fraction of sp³-hybridized carbons (Fsp3) is 0.529. The molecule has 3 rings (SSSR count). The van der Waals surface area contributed by atoms with E-state index in [0.717, 1.165) is 32.1 Å². The van der Waals surface area contributed by atoms with E-state index in [9.17, 15) is 18.0 Å². The molecular formula is C17H21F3N6O4. The van der Waals surface area contributed by atoms with Gasteiger partial charge in [-0.25, -0.2) is 4.79 Å². The zero-order valence-corrected chi connectivity index (χ0v) is 16.6. The molecule has 0 saturated carbocycles. The molecule has 0 bridgehead atoms. The van der Waals surface area contributed by atoms with Crippen LogP contribution in [0.5, 0.6) is 6.01 Å². The Bertz CT molecular complexity index is 1030. The van der Waals surface area contributed by atoms with Crippen molar-refractivity contribution in [1.82, 2.24) is 24.4 Å². The number of carbonyl (C=O) groups is 1. The summed E-state index contributed by atoms with van der Waals surface area (Å²) in [6.45, 7) is 5.63. The largest absolute Gasteiger partial charge is 0.490 e. The van der Waals surface area contributed by atoms with E-state index < -0.39 is 12.1 Å². The lowest BCUT2D eigenvalue weighted by Gasteiger charge is -2.28. The van der Waals surface area contributed by atoms with Crippen LogP contribution in [0.1, 0.15) is 6.92 Å². The highest BCUT2D eigenvalue weighted by atomic mass is 19.4. The van der Waals surface area contributed by atoms with Crippen LogP contribution < -0.4 is 20.5 Å². The van der Waals surface area contributed by atoms with Gasteiger partial charge in [-0.15, -0.1) is 5.92 Å². The Labute approximate surface area is 169 Å². The van der Waals surface area contributed by atoms with Gasteiger partial charge in [-0.1, -0.05) is 5.92 Å². The summed E-state index contributed by atoms with van der Waals surface area (Å²) in [5.41, 5.74) is 0.680. The predicted molar refractivity (Wildman–Crippen MR) is 102 cm³/mol. The van der Waals surface area contributed by atoms with Crippen LogP contribution in [0.25, 0.3) is 11.2 Å². The van der Waals surface area contributed by atoms with Crippen molar-refractivity contribution in [3.8, 4) is 17.9 Å². The second-order valence-electron chi connectivity index (χ2n) is 6.10. The van der Waals surface area contributed by atoms with E-state index in [1.165, 1.54) is 11.7 Å². The van der Waals surface area contributed by atoms with E-state index in [1.807, 2.05) is 4.57 Å². The fourth-order valence-corrected chi connectivity index (χ4v) is 2.73. The number of alkyl halides is 3. The van der Waals surface area contributed by atoms with Crippen LogP contribution in [0.4, 0.5) is 19.1 Å². The van der Waals surface area contributed by atoms with Crippen LogP contribution in [0.15, 0.2) is 4.79 Å². The number of nitrogens with zero attached hydrogens (tertiary/aromatic N) is 5. The SMILES string of the molecule is CC#CCn1c(N2CCNCC2)nc2nc(OC)n(C)c(=O)c21.O=C(O)C(F)(F)F. The number of hydrogen-bond donors (Lipinski definition) is 2. The lowest BCUT2D eigenvalue weighted by atomic mass is 10.4. The molecule has 2 aromatic heterocycles. The van der Waals surface area contributed by atoms with Crippen molar-refractivity contribution in [2.45, 2.75) is 19.6 Å². The van der Waals surface area contributed by atoms with Crippen molar-refractivity contribution in [1.29, 1.82) is 0 Å². The summed E-state index contributed by atoms with van der Waals surface area (Å²) in [6, 6.07) is 0.251. The third kappa shape index (κ3) is 5.01. The van der Waals surface area contributed by atoms with E-state index in [0.29, 0.717) is 17.7 Å². The molecule has 1 aliphatic rings. The molecule has 0 aromatic carbocycles. The van der Waals surface area contributed by atoms with Gasteiger partial charge in [-0.3, -0.25) is 13.9 Å². The molecule has 0 amide bonds. The summed E-state index contributed by atoms with van der Waals surface area (Å²) in [5.74, 6) is 3.88. The van der Waals surface area contributed by atoms with Crippen LogP contribution in [-0.2, 0) is 18.4 Å². The number of halogens is 3. The van der Waals surface area contributed by atoms with Gasteiger partial charge >= 0.3 is 18.2 Å². The zero-order chi connectivity index (χ0) is 22.5. The van der Waals surface area contributed by atoms with Crippen LogP contribution in [-0.4, -0.2) is 69.6 Å². The number of aromatic nitrogens is 4. The molecule has 1 fully saturated rings. The summed E-state index contributed by atoms with van der Waals surface area (Å²) < 4.78 is 40.1. The van der Waals surface area contributed by atoms with E-state index in [1.54, 1.807) is 14.0 Å². The van der Waals surface area contributed by atoms with Gasteiger partial charge in [-0.2, -0.15) is 23.1 Å². The average molecular weight is 430 g/mol. The van der Waals surface area contributed by atoms with Crippen molar-refractivity contribution in [2.24, 2.45) is 7.05 Å². The normalized spacial score (nSPS) is 13.9. The van der Waals surface area contributed by atoms with E-state index >= 15 is 0 Å². The van der Waals surface area contributed by atoms with E-state index in [2.05, 4.69) is 32.0 Å². The molecular weight excluding hydrogens is 409 g/mol. The second kappa shape index (κ2) is 9.49. The lowest BCUT2D eigenvalue weighted by Crippen LogP contribution is -2.44. The smallest absolute Gasteiger partial charge is 0.475 e. The van der Waals surface area contributed by atoms with Crippen molar-refractivity contribution in [3.63, 3.8) is 0 Å². The molecule has 0 radical (unpaired) electrons. The van der Waals surface area contributed by atoms with Crippen molar-refractivity contribution < 1.29 is 27.8 Å². The van der Waals surface area contributed by atoms with Crippen LogP contribution in [0.3, 0.4) is 0 Å². The highest BCUT2D eigenvalue weighted by Crippen LogP contribution is 2.21. The molecule has 30 heavy (non-hydrogen) atoms. The molecule has 164 valence electrons. The van der Waals surface area contributed by atoms with Gasteiger partial charge in [0.2, 0.25) is 5.95 Å². The number of rotatable bonds is 3. The summed E-state index contributed by atoms with van der Waals surface area (Å²) in [5, 5.41) is 10.4. The quantitative estimate of drug-likeness (QED) is 0.664. The fourth-order valence-electron chi connectivity index (χ4n) is 2.73. The highest BCUT2D eigenvalue weighted by Gasteiger charge is 2.38. The topological polar surface area (TPSA) is 115 Å². The van der Waals surface area contributed by atoms with Gasteiger partial charge in [0, 0.05) is 33.2 Å². The van der Waals surface area contributed by atoms with Gasteiger partial charge in [-0.05, 0) is 6.92 Å². The summed E-state index contributed by atoms with van der Waals surface area (Å²) in [4.78, 5) is 32.7. The summed E-state index contributed by atoms with van der Waals surface area (Å²) in [7, 11) is 3.13. The lowest BCUT2D eigenvalue weighted by molar-refractivity contribution is -0.192. The molecule has 0 atom stereocenters. The Hall–Kier alpha value is -3.27. The van der Waals surface area contributed by atoms with Crippen LogP contribution >= 0.6 is 0 Å². The first-order valence-electron chi connectivity index (χ1n) is 8.78. The first kappa shape index (κ1) is 23.0. The molecule has 1 saturated heterocycles. The van der Waals surface area contributed by atoms with Gasteiger partial charge in [0.25, 0.3) is 5.56 Å². The van der Waals surface area contributed by atoms with Crippen molar-refractivity contribution >= 4 is 23.1 Å². The van der Waals surface area contributed by atoms with Gasteiger partial charge in [0.15, 0.2) is 11.2 Å². The third-order valence-electron chi connectivity index (χ3n) is 4.16. The maximum Gasteiger partial charge on any atom is 0.490 e. The van der Waals surface area contributed by atoms with Gasteiger partial charge in [0.05, 0.1) is 13.7 Å². The second-order valence-corrected chi connectivity index (χ2v) is 6.10. The maximum absolute atomic E-state index is 12.7. The summed E-state index contributed by atoms with van der Waals surface area (Å²) >= 11 is 0. The first-order chi connectivity index (χ1) is 14.1. The number of ether oxygens (including phenoxy) is 1. The van der Waals surface area contributed by atoms with Gasteiger partial charge in [0.1, 0.15) is 0 Å². The average Bonchev–Trinajstić information content (AvgIpc) is 3.08. The molecule has 0 spiro atoms. The Morgan fingerprint density at radius 2 is 1.90 bits per heavy atom. The Kier molecular flexibility index (Phi) is 7.28. The first-order valence-corrected chi connectivity index (χ1v) is 8.78. The molecule has 10 nitrogen and oxygen atoms in total. The molecule has 2 aromatic rings. The molecule has 3 heterocycles. The highest BCUT2D eigenvalue weighted by molar-refractivity contribution is 5.75. The monoisotopic (exact) mass is 430 g/mol. The maximum atomic E-state index is 12.7. The van der Waals surface area contributed by atoms with Crippen LogP contribution in [0, 0.1) is 11.8 Å². The Morgan fingerprint density at radius 3 is 2.40 bits per heavy atom. The number of carboxylic acid groups (broad SMARTS) is 1. The third-order valence-corrected chi connectivity index (χ3v) is 4.16. The summed E-state index contributed by atoms with van der Waals surface area (Å²) in [6.07, 6.45) is -5.08. The number of fused-ring (bicyclic) bond motifs is 1. The molecule has 2 N–H and O–H groups in total. The minimum absolute atomic E-state index is 0.182. The number of hydrogen-bond acceptors (Lipinski definition) is 7. The van der Waals surface area contributed by atoms with Gasteiger partial charge < -0.3 is 20.1 Å². The zero-order valence-electron chi connectivity index (χ0n) is 16.6. The van der Waals surface area contributed by atoms with E-state index in [4.69, 9.17) is 14.6 Å². The van der Waals surface area contributed by atoms with E-state index in [-0.39, 0.29) is 11.6 Å². The molecule has 0 unspecified atom stereocenters. The Balaban J connectivity index is 0.000000396. The standard InChI is InChI=1S/C15H20N6O2.C2HF3O2/c1-4-5-8-21-11-12(18-15(23-3)19(2)13(11)22)17-14(21)20-9-6-16-7-10-20;3-2(4,5)1(6)7/h16H,6-10H2,1-3H3;(H,6,7). The molecule has 0 aliphatic carbocycles. The number of nitrogens with one attached hydrogen (secondary N) is 1. The number of anilines is 1. The predicted octanol–water partition coefficient (Wildman–Crippen LogP) is 0.205. The number of imidazole rings is 1. The van der Waals surface area contributed by atoms with Crippen molar-refractivity contribution in [2.75, 3.05) is 38.2 Å².